The van der Waals surface area contributed by atoms with Crippen LogP contribution in [0, 0.1) is 0 Å². The Kier molecular flexibility index (Phi) is 3.42. The predicted octanol–water partition coefficient (Wildman–Crippen LogP) is 3.19. The van der Waals surface area contributed by atoms with E-state index in [2.05, 4.69) is 35.6 Å². The molecule has 1 amide bonds. The topological polar surface area (TPSA) is 38.3 Å². The minimum atomic E-state index is -0.419. The van der Waals surface area contributed by atoms with Gasteiger partial charge in [0.1, 0.15) is 5.75 Å². The van der Waals surface area contributed by atoms with Gasteiger partial charge in [-0.2, -0.15) is 0 Å². The maximum absolute atomic E-state index is 11.6. The van der Waals surface area contributed by atoms with Crippen LogP contribution < -0.4 is 10.1 Å². The van der Waals surface area contributed by atoms with Crippen molar-refractivity contribution in [2.45, 2.75) is 25.9 Å². The highest BCUT2D eigenvalue weighted by Crippen LogP contribution is 2.30. The van der Waals surface area contributed by atoms with Gasteiger partial charge in [-0.1, -0.05) is 36.4 Å². The molecule has 1 atom stereocenters. The van der Waals surface area contributed by atoms with Crippen LogP contribution in [-0.2, 0) is 17.6 Å². The molecule has 0 fully saturated rings. The van der Waals surface area contributed by atoms with E-state index in [1.807, 2.05) is 18.2 Å². The zero-order valence-electron chi connectivity index (χ0n) is 11.4. The van der Waals surface area contributed by atoms with Gasteiger partial charge in [0.25, 0.3) is 5.91 Å². The first-order valence-electron chi connectivity index (χ1n) is 6.87. The molecule has 3 nitrogen and oxygen atoms in total. The summed E-state index contributed by atoms with van der Waals surface area (Å²) in [4.78, 5) is 11.6. The lowest BCUT2D eigenvalue weighted by Gasteiger charge is -2.23. The van der Waals surface area contributed by atoms with Gasteiger partial charge in [-0.25, -0.2) is 0 Å². The third-order valence-electron chi connectivity index (χ3n) is 3.52. The third-order valence-corrected chi connectivity index (χ3v) is 3.52. The van der Waals surface area contributed by atoms with Crippen molar-refractivity contribution in [2.75, 3.05) is 5.32 Å². The summed E-state index contributed by atoms with van der Waals surface area (Å²) in [5, 5.41) is 2.88. The first-order valence-corrected chi connectivity index (χ1v) is 6.87. The fraction of sp³-hybridized carbons (Fsp3) is 0.235. The lowest BCUT2D eigenvalue weighted by atomic mass is 10.0. The molecule has 1 heterocycles. The summed E-state index contributed by atoms with van der Waals surface area (Å²) in [5.41, 5.74) is 3.30. The minimum absolute atomic E-state index is 0.0855. The summed E-state index contributed by atoms with van der Waals surface area (Å²) >= 11 is 0. The summed E-state index contributed by atoms with van der Waals surface area (Å²) < 4.78 is 5.55. The Bertz CT molecular complexity index is 622. The Balaban J connectivity index is 1.73. The van der Waals surface area contributed by atoms with E-state index < -0.39 is 6.10 Å². The highest BCUT2D eigenvalue weighted by atomic mass is 16.5. The van der Waals surface area contributed by atoms with Gasteiger partial charge in [-0.15, -0.1) is 0 Å². The zero-order chi connectivity index (χ0) is 13.9. The average Bonchev–Trinajstić information content (AvgIpc) is 2.47. The second-order valence-electron chi connectivity index (χ2n) is 5.07. The van der Waals surface area contributed by atoms with Gasteiger partial charge in [-0.3, -0.25) is 4.79 Å². The molecule has 0 bridgehead atoms. The molecule has 0 radical (unpaired) electrons. The third kappa shape index (κ3) is 2.67. The molecule has 0 saturated carbocycles. The van der Waals surface area contributed by atoms with Gasteiger partial charge in [0, 0.05) is 0 Å². The standard InChI is InChI=1S/C17H17NO2/c1-12-17(19)18-15-11-14(9-10-16(15)20-12)8-7-13-5-3-2-4-6-13/h2-6,9-12H,7-8H2,1H3,(H,18,19). The summed E-state index contributed by atoms with van der Waals surface area (Å²) in [6, 6.07) is 16.4. The first kappa shape index (κ1) is 12.7. The van der Waals surface area contributed by atoms with E-state index in [1.54, 1.807) is 6.92 Å². The Labute approximate surface area is 118 Å². The zero-order valence-corrected chi connectivity index (χ0v) is 11.4. The molecule has 0 spiro atoms. The molecule has 1 aliphatic heterocycles. The summed E-state index contributed by atoms with van der Waals surface area (Å²) in [6.07, 6.45) is 1.52. The second kappa shape index (κ2) is 5.37. The molecule has 1 N–H and O–H groups in total. The van der Waals surface area contributed by atoms with Crippen LogP contribution in [0.2, 0.25) is 0 Å². The molecule has 1 aliphatic rings. The molecule has 0 aliphatic carbocycles. The van der Waals surface area contributed by atoms with Gasteiger partial charge >= 0.3 is 0 Å². The number of carbonyl (C=O) groups excluding carboxylic acids is 1. The highest BCUT2D eigenvalue weighted by Gasteiger charge is 2.23. The van der Waals surface area contributed by atoms with E-state index in [-0.39, 0.29) is 5.91 Å². The van der Waals surface area contributed by atoms with Gasteiger partial charge in [0.15, 0.2) is 6.10 Å². The maximum atomic E-state index is 11.6. The molecule has 0 aromatic heterocycles. The second-order valence-corrected chi connectivity index (χ2v) is 5.07. The molecular weight excluding hydrogens is 250 g/mol. The Morgan fingerprint density at radius 3 is 2.60 bits per heavy atom. The van der Waals surface area contributed by atoms with Crippen molar-refractivity contribution >= 4 is 11.6 Å². The number of benzene rings is 2. The van der Waals surface area contributed by atoms with Crippen LogP contribution in [-0.4, -0.2) is 12.0 Å². The van der Waals surface area contributed by atoms with Crippen molar-refractivity contribution in [1.29, 1.82) is 0 Å². The molecule has 2 aromatic rings. The first-order chi connectivity index (χ1) is 9.72. The van der Waals surface area contributed by atoms with E-state index in [1.165, 1.54) is 11.1 Å². The smallest absolute Gasteiger partial charge is 0.265 e. The van der Waals surface area contributed by atoms with Crippen LogP contribution in [0.4, 0.5) is 5.69 Å². The number of hydrogen-bond donors (Lipinski definition) is 1. The SMILES string of the molecule is CC1Oc2ccc(CCc3ccccc3)cc2NC1=O. The van der Waals surface area contributed by atoms with Gasteiger partial charge < -0.3 is 10.1 Å². The van der Waals surface area contributed by atoms with Crippen LogP contribution in [0.25, 0.3) is 0 Å². The van der Waals surface area contributed by atoms with Crippen molar-refractivity contribution in [3.8, 4) is 5.75 Å². The lowest BCUT2D eigenvalue weighted by molar-refractivity contribution is -0.122. The molecule has 20 heavy (non-hydrogen) atoms. The number of ether oxygens (including phenoxy) is 1. The van der Waals surface area contributed by atoms with Crippen molar-refractivity contribution in [1.82, 2.24) is 0 Å². The molecular formula is C17H17NO2. The van der Waals surface area contributed by atoms with E-state index in [0.29, 0.717) is 0 Å². The molecule has 102 valence electrons. The fourth-order valence-electron chi connectivity index (χ4n) is 2.34. The molecule has 3 heteroatoms. The van der Waals surface area contributed by atoms with Crippen molar-refractivity contribution < 1.29 is 9.53 Å². The van der Waals surface area contributed by atoms with Gasteiger partial charge in [-0.05, 0) is 43.0 Å². The molecule has 3 rings (SSSR count). The quantitative estimate of drug-likeness (QED) is 0.927. The minimum Gasteiger partial charge on any atom is -0.479 e. The fourth-order valence-corrected chi connectivity index (χ4v) is 2.34. The average molecular weight is 267 g/mol. The Morgan fingerprint density at radius 2 is 1.80 bits per heavy atom. The number of fused-ring (bicyclic) bond motifs is 1. The Morgan fingerprint density at radius 1 is 1.05 bits per heavy atom. The highest BCUT2D eigenvalue weighted by molar-refractivity contribution is 5.97. The lowest BCUT2D eigenvalue weighted by Crippen LogP contribution is -2.34. The number of anilines is 1. The number of aryl methyl sites for hydroxylation is 2. The van der Waals surface area contributed by atoms with Crippen LogP contribution in [0.1, 0.15) is 18.1 Å². The predicted molar refractivity (Wildman–Crippen MR) is 79.0 cm³/mol. The van der Waals surface area contributed by atoms with E-state index in [0.717, 1.165) is 24.3 Å². The van der Waals surface area contributed by atoms with Gasteiger partial charge in [0.05, 0.1) is 5.69 Å². The molecule has 0 saturated heterocycles. The van der Waals surface area contributed by atoms with Crippen molar-refractivity contribution in [3.63, 3.8) is 0 Å². The number of rotatable bonds is 3. The number of nitrogens with one attached hydrogen (secondary N) is 1. The van der Waals surface area contributed by atoms with Crippen LogP contribution in [0.3, 0.4) is 0 Å². The van der Waals surface area contributed by atoms with Crippen LogP contribution in [0.15, 0.2) is 48.5 Å². The Hall–Kier alpha value is -2.29. The summed E-state index contributed by atoms with van der Waals surface area (Å²) in [7, 11) is 0. The maximum Gasteiger partial charge on any atom is 0.265 e. The van der Waals surface area contributed by atoms with Crippen molar-refractivity contribution in [2.24, 2.45) is 0 Å². The largest absolute Gasteiger partial charge is 0.479 e. The van der Waals surface area contributed by atoms with E-state index >= 15 is 0 Å². The van der Waals surface area contributed by atoms with Crippen LogP contribution in [0.5, 0.6) is 5.75 Å². The summed E-state index contributed by atoms with van der Waals surface area (Å²) in [5.74, 6) is 0.665. The van der Waals surface area contributed by atoms with E-state index in [9.17, 15) is 4.79 Å². The van der Waals surface area contributed by atoms with Gasteiger partial charge in [0.2, 0.25) is 0 Å². The van der Waals surface area contributed by atoms with E-state index in [4.69, 9.17) is 4.74 Å². The van der Waals surface area contributed by atoms with Crippen LogP contribution >= 0.6 is 0 Å². The normalized spacial score (nSPS) is 17.1. The summed E-state index contributed by atoms with van der Waals surface area (Å²) in [6.45, 7) is 1.75. The monoisotopic (exact) mass is 267 g/mol. The molecule has 2 aromatic carbocycles. The molecule has 1 unspecified atom stereocenters. The number of amides is 1. The number of hydrogen-bond acceptors (Lipinski definition) is 2. The van der Waals surface area contributed by atoms with Crippen molar-refractivity contribution in [3.05, 3.63) is 59.7 Å². The number of carbonyl (C=O) groups is 1.